The van der Waals surface area contributed by atoms with Crippen LogP contribution in [0.1, 0.15) is 37.7 Å². The van der Waals surface area contributed by atoms with Crippen molar-refractivity contribution in [3.05, 3.63) is 29.8 Å². The van der Waals surface area contributed by atoms with E-state index < -0.39 is 0 Å². The van der Waals surface area contributed by atoms with Crippen molar-refractivity contribution in [2.24, 2.45) is 4.99 Å². The van der Waals surface area contributed by atoms with Crippen LogP contribution in [0.4, 0.5) is 0 Å². The third kappa shape index (κ3) is 2.23. The van der Waals surface area contributed by atoms with E-state index in [1.807, 2.05) is 24.3 Å². The lowest BCUT2D eigenvalue weighted by Gasteiger charge is -2.30. The second-order valence-electron chi connectivity index (χ2n) is 5.24. The van der Waals surface area contributed by atoms with Crippen molar-refractivity contribution < 1.29 is 9.53 Å². The van der Waals surface area contributed by atoms with E-state index in [0.29, 0.717) is 5.71 Å². The number of nitrogens with one attached hydrogen (secondary N) is 1. The number of hydrogen-bond acceptors (Lipinski definition) is 3. The molecule has 1 saturated carbocycles. The predicted octanol–water partition coefficient (Wildman–Crippen LogP) is 2.27. The molecule has 0 radical (unpaired) electrons. The molecular weight excluding hydrogens is 240 g/mol. The zero-order valence-electron chi connectivity index (χ0n) is 11.1. The molecule has 1 aliphatic heterocycles. The fourth-order valence-corrected chi connectivity index (χ4v) is 2.88. The van der Waals surface area contributed by atoms with Crippen molar-refractivity contribution in [3.8, 4) is 5.75 Å². The smallest absolute Gasteiger partial charge is 0.272 e. The van der Waals surface area contributed by atoms with E-state index in [1.54, 1.807) is 7.11 Å². The molecule has 1 aliphatic carbocycles. The Kier molecular flexibility index (Phi) is 3.01. The van der Waals surface area contributed by atoms with E-state index in [1.165, 1.54) is 6.42 Å². The summed E-state index contributed by atoms with van der Waals surface area (Å²) in [6, 6.07) is 7.49. The van der Waals surface area contributed by atoms with Gasteiger partial charge in [0.1, 0.15) is 17.1 Å². The van der Waals surface area contributed by atoms with Gasteiger partial charge in [-0.2, -0.15) is 0 Å². The molecule has 4 heteroatoms. The minimum absolute atomic E-state index is 0.0490. The zero-order chi connectivity index (χ0) is 13.3. The van der Waals surface area contributed by atoms with Crippen LogP contribution in [-0.2, 0) is 4.79 Å². The molecule has 0 atom stereocenters. The molecule has 1 spiro atoms. The third-order valence-electron chi connectivity index (χ3n) is 3.93. The first-order valence-corrected chi connectivity index (χ1v) is 6.79. The second-order valence-corrected chi connectivity index (χ2v) is 5.24. The molecule has 1 N–H and O–H groups in total. The van der Waals surface area contributed by atoms with Gasteiger partial charge in [0.2, 0.25) is 0 Å². The average molecular weight is 258 g/mol. The summed E-state index contributed by atoms with van der Waals surface area (Å²) in [5.74, 6) is 0.738. The van der Waals surface area contributed by atoms with E-state index in [4.69, 9.17) is 9.73 Å². The van der Waals surface area contributed by atoms with Crippen LogP contribution >= 0.6 is 0 Å². The molecule has 4 nitrogen and oxygen atoms in total. The van der Waals surface area contributed by atoms with Gasteiger partial charge in [-0.25, -0.2) is 0 Å². The van der Waals surface area contributed by atoms with Gasteiger partial charge in [0.15, 0.2) is 0 Å². The van der Waals surface area contributed by atoms with E-state index in [9.17, 15) is 4.79 Å². The molecule has 3 rings (SSSR count). The van der Waals surface area contributed by atoms with Gasteiger partial charge in [0.05, 0.1) is 7.11 Å². The highest BCUT2D eigenvalue weighted by molar-refractivity contribution is 6.46. The molecule has 1 amide bonds. The molecule has 0 bridgehead atoms. The van der Waals surface area contributed by atoms with Crippen LogP contribution in [0.2, 0.25) is 0 Å². The maximum atomic E-state index is 12.1. The summed E-state index contributed by atoms with van der Waals surface area (Å²) in [5.41, 5.74) is 1.09. The summed E-state index contributed by atoms with van der Waals surface area (Å²) in [4.78, 5) is 16.8. The number of amides is 1. The number of aliphatic imine (C=N–C) groups is 1. The van der Waals surface area contributed by atoms with Gasteiger partial charge in [-0.3, -0.25) is 9.79 Å². The van der Waals surface area contributed by atoms with Crippen molar-refractivity contribution in [1.29, 1.82) is 0 Å². The third-order valence-corrected chi connectivity index (χ3v) is 3.93. The molecule has 19 heavy (non-hydrogen) atoms. The van der Waals surface area contributed by atoms with Crippen LogP contribution in [0.25, 0.3) is 0 Å². The van der Waals surface area contributed by atoms with Crippen LogP contribution in [0.3, 0.4) is 0 Å². The monoisotopic (exact) mass is 258 g/mol. The Morgan fingerprint density at radius 3 is 2.47 bits per heavy atom. The average Bonchev–Trinajstić information content (AvgIpc) is 2.76. The molecule has 0 aromatic heterocycles. The first-order chi connectivity index (χ1) is 9.22. The number of nitrogens with zero attached hydrogens (tertiary/aromatic N) is 1. The number of carbonyl (C=O) groups excluding carboxylic acids is 1. The van der Waals surface area contributed by atoms with Gasteiger partial charge >= 0.3 is 0 Å². The Bertz CT molecular complexity index is 513. The van der Waals surface area contributed by atoms with Crippen molar-refractivity contribution in [3.63, 3.8) is 0 Å². The Morgan fingerprint density at radius 2 is 1.84 bits per heavy atom. The summed E-state index contributed by atoms with van der Waals surface area (Å²) in [7, 11) is 1.63. The van der Waals surface area contributed by atoms with E-state index in [2.05, 4.69) is 5.32 Å². The van der Waals surface area contributed by atoms with Crippen LogP contribution in [0.5, 0.6) is 5.75 Å². The summed E-state index contributed by atoms with van der Waals surface area (Å²) < 4.78 is 5.13. The maximum Gasteiger partial charge on any atom is 0.272 e. The highest BCUT2D eigenvalue weighted by Crippen LogP contribution is 2.33. The molecular formula is C15H18N2O2. The van der Waals surface area contributed by atoms with Gasteiger partial charge in [-0.1, -0.05) is 6.42 Å². The van der Waals surface area contributed by atoms with Crippen molar-refractivity contribution in [1.82, 2.24) is 5.32 Å². The van der Waals surface area contributed by atoms with Crippen LogP contribution < -0.4 is 10.1 Å². The summed E-state index contributed by atoms with van der Waals surface area (Å²) in [6.07, 6.45) is 5.43. The van der Waals surface area contributed by atoms with E-state index >= 15 is 0 Å². The number of ether oxygens (including phenoxy) is 1. The van der Waals surface area contributed by atoms with Gasteiger partial charge in [0.25, 0.3) is 5.91 Å². The lowest BCUT2D eigenvalue weighted by Crippen LogP contribution is -2.43. The summed E-state index contributed by atoms with van der Waals surface area (Å²) >= 11 is 0. The predicted molar refractivity (Wildman–Crippen MR) is 73.5 cm³/mol. The summed E-state index contributed by atoms with van der Waals surface area (Å²) in [5, 5.41) is 3.07. The highest BCUT2D eigenvalue weighted by atomic mass is 16.5. The van der Waals surface area contributed by atoms with Gasteiger partial charge < -0.3 is 10.1 Å². The van der Waals surface area contributed by atoms with Crippen molar-refractivity contribution in [2.45, 2.75) is 37.8 Å². The first kappa shape index (κ1) is 12.2. The number of hydrogen-bond donors (Lipinski definition) is 1. The Balaban J connectivity index is 1.90. The van der Waals surface area contributed by atoms with E-state index in [0.717, 1.165) is 37.0 Å². The molecule has 1 aromatic rings. The van der Waals surface area contributed by atoms with Crippen molar-refractivity contribution >= 4 is 11.6 Å². The van der Waals surface area contributed by atoms with Crippen molar-refractivity contribution in [2.75, 3.05) is 7.11 Å². The second kappa shape index (κ2) is 4.68. The largest absolute Gasteiger partial charge is 0.497 e. The molecule has 2 aliphatic rings. The van der Waals surface area contributed by atoms with Gasteiger partial charge in [-0.15, -0.1) is 0 Å². The molecule has 0 saturated heterocycles. The molecule has 0 unspecified atom stereocenters. The Morgan fingerprint density at radius 1 is 1.16 bits per heavy atom. The van der Waals surface area contributed by atoms with Crippen LogP contribution in [-0.4, -0.2) is 24.4 Å². The highest BCUT2D eigenvalue weighted by Gasteiger charge is 2.40. The van der Waals surface area contributed by atoms with Crippen LogP contribution in [0, 0.1) is 0 Å². The lowest BCUT2D eigenvalue weighted by molar-refractivity contribution is -0.115. The lowest BCUT2D eigenvalue weighted by atomic mass is 9.90. The maximum absolute atomic E-state index is 12.1. The SMILES string of the molecule is COc1ccc(C2=NC3(CCCCC3)NC2=O)cc1. The Hall–Kier alpha value is -1.84. The molecule has 1 aromatic carbocycles. The first-order valence-electron chi connectivity index (χ1n) is 6.79. The molecule has 100 valence electrons. The number of benzene rings is 1. The fourth-order valence-electron chi connectivity index (χ4n) is 2.88. The Labute approximate surface area is 112 Å². The zero-order valence-corrected chi connectivity index (χ0v) is 11.1. The van der Waals surface area contributed by atoms with Crippen LogP contribution in [0.15, 0.2) is 29.3 Å². The molecule has 1 heterocycles. The number of rotatable bonds is 2. The fraction of sp³-hybridized carbons (Fsp3) is 0.467. The minimum atomic E-state index is -0.329. The summed E-state index contributed by atoms with van der Waals surface area (Å²) in [6.45, 7) is 0. The number of methoxy groups -OCH3 is 1. The quantitative estimate of drug-likeness (QED) is 0.884. The minimum Gasteiger partial charge on any atom is -0.497 e. The number of carbonyl (C=O) groups is 1. The van der Waals surface area contributed by atoms with Gasteiger partial charge in [0, 0.05) is 5.56 Å². The standard InChI is InChI=1S/C15H18N2O2/c1-19-12-7-5-11(6-8-12)13-14(18)17-15(16-13)9-3-2-4-10-15/h5-8H,2-4,9-10H2,1H3,(H,17,18). The van der Waals surface area contributed by atoms with Gasteiger partial charge in [-0.05, 0) is 49.9 Å². The topological polar surface area (TPSA) is 50.7 Å². The van der Waals surface area contributed by atoms with E-state index in [-0.39, 0.29) is 11.6 Å². The normalized spacial score (nSPS) is 21.1. The molecule has 1 fully saturated rings.